The Bertz CT molecular complexity index is 191. The fraction of sp³-hybridized carbons (Fsp3) is 0.250. The molecule has 2 N–H and O–H groups in total. The molecule has 0 unspecified atom stereocenters. The fourth-order valence-electron chi connectivity index (χ4n) is 0.788. The molecule has 1 radical (unpaired) electrons. The average Bonchev–Trinajstić information content (AvgIpc) is 1.95. The fourth-order valence-corrected chi connectivity index (χ4v) is 0.788. The van der Waals surface area contributed by atoms with Crippen molar-refractivity contribution in [2.24, 2.45) is 0 Å². The third kappa shape index (κ3) is 1.72. The van der Waals surface area contributed by atoms with E-state index in [9.17, 15) is 0 Å². The minimum Gasteiger partial charge on any atom is -0.384 e. The first-order valence-electron chi connectivity index (χ1n) is 3.32. The second kappa shape index (κ2) is 3.20. The van der Waals surface area contributed by atoms with Crippen molar-refractivity contribution < 1.29 is 0 Å². The summed E-state index contributed by atoms with van der Waals surface area (Å²) in [5, 5.41) is 0. The minimum absolute atomic E-state index is 0.577. The van der Waals surface area contributed by atoms with Gasteiger partial charge in [-0.25, -0.2) is 4.98 Å². The van der Waals surface area contributed by atoms with Gasteiger partial charge >= 0.3 is 0 Å². The first-order chi connectivity index (χ1) is 4.83. The monoisotopic (exact) mass is 135 g/mol. The predicted octanol–water partition coefficient (Wildman–Crippen LogP) is 1.43. The predicted molar refractivity (Wildman–Crippen MR) is 42.3 cm³/mol. The highest BCUT2D eigenvalue weighted by Crippen LogP contribution is 2.02. The first-order valence-corrected chi connectivity index (χ1v) is 3.32. The van der Waals surface area contributed by atoms with Crippen LogP contribution in [0.3, 0.4) is 0 Å². The number of hydrogen-bond donors (Lipinski definition) is 1. The molecule has 0 spiro atoms. The van der Waals surface area contributed by atoms with E-state index in [2.05, 4.69) is 11.9 Å². The van der Waals surface area contributed by atoms with Crippen molar-refractivity contribution in [1.82, 2.24) is 4.98 Å². The van der Waals surface area contributed by atoms with Gasteiger partial charge in [0.25, 0.3) is 0 Å². The molecule has 0 aromatic carbocycles. The molecule has 1 rings (SSSR count). The first kappa shape index (κ1) is 7.06. The van der Waals surface area contributed by atoms with E-state index in [-0.39, 0.29) is 0 Å². The molecule has 0 saturated carbocycles. The van der Waals surface area contributed by atoms with E-state index in [0.717, 1.165) is 12.8 Å². The lowest BCUT2D eigenvalue weighted by Gasteiger charge is -1.96. The van der Waals surface area contributed by atoms with E-state index < -0.39 is 0 Å². The Labute approximate surface area is 61.1 Å². The Morgan fingerprint density at radius 2 is 2.30 bits per heavy atom. The summed E-state index contributed by atoms with van der Waals surface area (Å²) in [7, 11) is 0. The molecule has 0 aliphatic carbocycles. The van der Waals surface area contributed by atoms with Crippen LogP contribution in [0.1, 0.15) is 12.0 Å². The van der Waals surface area contributed by atoms with E-state index in [1.54, 1.807) is 6.20 Å². The third-order valence-corrected chi connectivity index (χ3v) is 1.31. The Morgan fingerprint density at radius 3 is 2.80 bits per heavy atom. The van der Waals surface area contributed by atoms with Gasteiger partial charge in [-0.05, 0) is 24.5 Å². The molecule has 0 saturated heterocycles. The topological polar surface area (TPSA) is 38.9 Å². The molecule has 10 heavy (non-hydrogen) atoms. The number of hydrogen-bond acceptors (Lipinski definition) is 2. The Morgan fingerprint density at radius 1 is 1.50 bits per heavy atom. The maximum absolute atomic E-state index is 5.40. The summed E-state index contributed by atoms with van der Waals surface area (Å²) in [4.78, 5) is 3.95. The van der Waals surface area contributed by atoms with Crippen LogP contribution in [-0.2, 0) is 6.42 Å². The quantitative estimate of drug-likeness (QED) is 0.666. The van der Waals surface area contributed by atoms with Crippen molar-refractivity contribution in [2.45, 2.75) is 12.8 Å². The van der Waals surface area contributed by atoms with Crippen molar-refractivity contribution in [3.05, 3.63) is 30.8 Å². The van der Waals surface area contributed by atoms with Crippen molar-refractivity contribution in [3.63, 3.8) is 0 Å². The molecule has 53 valence electrons. The van der Waals surface area contributed by atoms with Crippen LogP contribution in [0.4, 0.5) is 5.82 Å². The van der Waals surface area contributed by atoms with E-state index in [1.165, 1.54) is 5.56 Å². The number of aromatic nitrogens is 1. The van der Waals surface area contributed by atoms with Crippen LogP contribution in [0.5, 0.6) is 0 Å². The van der Waals surface area contributed by atoms with Gasteiger partial charge < -0.3 is 5.73 Å². The molecule has 0 aliphatic heterocycles. The van der Waals surface area contributed by atoms with Crippen molar-refractivity contribution in [2.75, 3.05) is 5.73 Å². The van der Waals surface area contributed by atoms with Crippen LogP contribution in [0.25, 0.3) is 0 Å². The van der Waals surface area contributed by atoms with E-state index in [0.29, 0.717) is 5.82 Å². The number of aryl methyl sites for hydroxylation is 1. The zero-order valence-corrected chi connectivity index (χ0v) is 5.88. The number of rotatable bonds is 2. The second-order valence-corrected chi connectivity index (χ2v) is 2.19. The highest BCUT2D eigenvalue weighted by molar-refractivity contribution is 5.29. The lowest BCUT2D eigenvalue weighted by molar-refractivity contribution is 0.987. The number of nitrogen functional groups attached to an aromatic ring is 1. The molecule has 0 atom stereocenters. The Balaban J connectivity index is 2.69. The molecular formula is C8H11N2. The highest BCUT2D eigenvalue weighted by atomic mass is 14.8. The summed E-state index contributed by atoms with van der Waals surface area (Å²) in [5.41, 5.74) is 6.59. The number of nitrogens with zero attached hydrogens (tertiary/aromatic N) is 1. The molecule has 1 aromatic heterocycles. The number of pyridine rings is 1. The summed E-state index contributed by atoms with van der Waals surface area (Å²) in [6.07, 6.45) is 3.68. The molecule has 1 aromatic rings. The van der Waals surface area contributed by atoms with Gasteiger partial charge in [0.2, 0.25) is 0 Å². The lowest BCUT2D eigenvalue weighted by Crippen LogP contribution is -1.90. The molecule has 2 nitrogen and oxygen atoms in total. The zero-order chi connectivity index (χ0) is 7.40. The number of nitrogens with two attached hydrogens (primary N) is 1. The molecule has 0 aliphatic rings. The summed E-state index contributed by atoms with van der Waals surface area (Å²) < 4.78 is 0. The minimum atomic E-state index is 0.577. The molecule has 2 heteroatoms. The molecule has 0 fully saturated rings. The van der Waals surface area contributed by atoms with Gasteiger partial charge in [-0.15, -0.1) is 0 Å². The van der Waals surface area contributed by atoms with Gasteiger partial charge in [-0.1, -0.05) is 13.0 Å². The smallest absolute Gasteiger partial charge is 0.123 e. The van der Waals surface area contributed by atoms with Gasteiger partial charge in [0.1, 0.15) is 5.82 Å². The average molecular weight is 135 g/mol. The SMILES string of the molecule is [CH2]CCc1ccc(N)nc1. The zero-order valence-electron chi connectivity index (χ0n) is 5.88. The summed E-state index contributed by atoms with van der Waals surface area (Å²) >= 11 is 0. The van der Waals surface area contributed by atoms with Gasteiger partial charge in [-0.2, -0.15) is 0 Å². The standard InChI is InChI=1S/C8H11N2/c1-2-3-7-4-5-8(9)10-6-7/h4-6H,1-3H2,(H2,9,10). The normalized spacial score (nSPS) is 9.70. The van der Waals surface area contributed by atoms with Gasteiger partial charge in [-0.3, -0.25) is 0 Å². The summed E-state index contributed by atoms with van der Waals surface area (Å²) in [6, 6.07) is 3.79. The maximum Gasteiger partial charge on any atom is 0.123 e. The molecule has 0 bridgehead atoms. The van der Waals surface area contributed by atoms with Crippen LogP contribution < -0.4 is 5.73 Å². The van der Waals surface area contributed by atoms with Gasteiger partial charge in [0.15, 0.2) is 0 Å². The van der Waals surface area contributed by atoms with E-state index in [4.69, 9.17) is 5.73 Å². The van der Waals surface area contributed by atoms with Crippen LogP contribution in [0.2, 0.25) is 0 Å². The molecule has 0 amide bonds. The largest absolute Gasteiger partial charge is 0.384 e. The van der Waals surface area contributed by atoms with Crippen LogP contribution >= 0.6 is 0 Å². The maximum atomic E-state index is 5.40. The highest BCUT2D eigenvalue weighted by Gasteiger charge is 1.89. The molecule has 1 heterocycles. The van der Waals surface area contributed by atoms with Crippen LogP contribution in [0.15, 0.2) is 18.3 Å². The van der Waals surface area contributed by atoms with E-state index >= 15 is 0 Å². The van der Waals surface area contributed by atoms with E-state index in [1.807, 2.05) is 12.1 Å². The van der Waals surface area contributed by atoms with Crippen LogP contribution in [-0.4, -0.2) is 4.98 Å². The van der Waals surface area contributed by atoms with Crippen molar-refractivity contribution in [1.29, 1.82) is 0 Å². The third-order valence-electron chi connectivity index (χ3n) is 1.31. The Hall–Kier alpha value is -1.05. The van der Waals surface area contributed by atoms with Gasteiger partial charge in [0, 0.05) is 6.20 Å². The van der Waals surface area contributed by atoms with Gasteiger partial charge in [0.05, 0.1) is 0 Å². The summed E-state index contributed by atoms with van der Waals surface area (Å²) in [5.74, 6) is 0.577. The second-order valence-electron chi connectivity index (χ2n) is 2.19. The Kier molecular flexibility index (Phi) is 2.26. The van der Waals surface area contributed by atoms with Crippen LogP contribution in [0, 0.1) is 6.92 Å². The molecular weight excluding hydrogens is 124 g/mol. The van der Waals surface area contributed by atoms with Crippen molar-refractivity contribution in [3.8, 4) is 0 Å². The van der Waals surface area contributed by atoms with Crippen molar-refractivity contribution >= 4 is 5.82 Å². The number of anilines is 1. The summed E-state index contributed by atoms with van der Waals surface area (Å²) in [6.45, 7) is 3.74. The lowest BCUT2D eigenvalue weighted by atomic mass is 10.2.